The molecule has 0 spiro atoms. The molecule has 3 N–H and O–H groups in total. The van der Waals surface area contributed by atoms with E-state index < -0.39 is 23.1 Å². The zero-order chi connectivity index (χ0) is 13.3. The van der Waals surface area contributed by atoms with E-state index in [9.17, 15) is 13.2 Å². The highest BCUT2D eigenvalue weighted by molar-refractivity contribution is 5.66. The number of halogens is 3. The summed E-state index contributed by atoms with van der Waals surface area (Å²) in [5.74, 6) is -2.95. The maximum Gasteiger partial charge on any atom is 0.152 e. The second kappa shape index (κ2) is 4.60. The third kappa shape index (κ3) is 2.40. The van der Waals surface area contributed by atoms with Crippen molar-refractivity contribution < 1.29 is 13.2 Å². The molecule has 0 radical (unpaired) electrons. The van der Waals surface area contributed by atoms with Crippen molar-refractivity contribution in [2.24, 2.45) is 0 Å². The lowest BCUT2D eigenvalue weighted by atomic mass is 10.2. The van der Waals surface area contributed by atoms with E-state index in [1.54, 1.807) is 18.2 Å². The number of hydrogen-bond donors (Lipinski definition) is 2. The minimum absolute atomic E-state index is 0.403. The Balaban J connectivity index is 2.37. The molecule has 5 heteroatoms. The Bertz CT molecular complexity index is 574. The fourth-order valence-corrected chi connectivity index (χ4v) is 1.52. The van der Waals surface area contributed by atoms with E-state index in [2.05, 4.69) is 5.32 Å². The van der Waals surface area contributed by atoms with Crippen LogP contribution in [-0.2, 0) is 0 Å². The second-order valence-electron chi connectivity index (χ2n) is 3.94. The predicted octanol–water partition coefficient (Wildman–Crippen LogP) is 3.74. The molecular formula is C13H11F3N2. The molecule has 0 heterocycles. The maximum absolute atomic E-state index is 13.4. The fourth-order valence-electron chi connectivity index (χ4n) is 1.52. The molecule has 0 aliphatic heterocycles. The number of nitrogen functional groups attached to an aromatic ring is 1. The van der Waals surface area contributed by atoms with Crippen LogP contribution >= 0.6 is 0 Å². The molecule has 0 saturated carbocycles. The number of hydrogen-bond acceptors (Lipinski definition) is 2. The Labute approximate surface area is 102 Å². The van der Waals surface area contributed by atoms with Gasteiger partial charge in [0.05, 0.1) is 0 Å². The van der Waals surface area contributed by atoms with Gasteiger partial charge >= 0.3 is 0 Å². The van der Waals surface area contributed by atoms with Gasteiger partial charge < -0.3 is 11.1 Å². The molecule has 2 aromatic carbocycles. The zero-order valence-corrected chi connectivity index (χ0v) is 9.60. The molecule has 0 unspecified atom stereocenters. The number of anilines is 3. The van der Waals surface area contributed by atoms with Gasteiger partial charge in [0.2, 0.25) is 0 Å². The summed E-state index contributed by atoms with van der Waals surface area (Å²) in [5.41, 5.74) is 7.08. The molecule has 2 aromatic rings. The molecule has 2 rings (SSSR count). The van der Waals surface area contributed by atoms with Crippen molar-refractivity contribution >= 4 is 17.1 Å². The highest BCUT2D eigenvalue weighted by Gasteiger charge is 2.11. The second-order valence-corrected chi connectivity index (χ2v) is 3.94. The molecule has 0 amide bonds. The number of aryl methyl sites for hydroxylation is 1. The number of nitrogens with two attached hydrogens (primary N) is 1. The van der Waals surface area contributed by atoms with Gasteiger partial charge in [-0.2, -0.15) is 0 Å². The Kier molecular flexibility index (Phi) is 3.14. The van der Waals surface area contributed by atoms with Gasteiger partial charge in [-0.25, -0.2) is 13.2 Å². The average molecular weight is 252 g/mol. The van der Waals surface area contributed by atoms with Crippen LogP contribution in [0.4, 0.5) is 30.2 Å². The molecule has 0 aromatic heterocycles. The lowest BCUT2D eigenvalue weighted by Crippen LogP contribution is -2.00. The van der Waals surface area contributed by atoms with Gasteiger partial charge in [-0.05, 0) is 24.6 Å². The monoisotopic (exact) mass is 252 g/mol. The van der Waals surface area contributed by atoms with Crippen molar-refractivity contribution in [2.75, 3.05) is 11.1 Å². The lowest BCUT2D eigenvalue weighted by Gasteiger charge is -2.10. The summed E-state index contributed by atoms with van der Waals surface area (Å²) < 4.78 is 39.5. The molecule has 0 aliphatic carbocycles. The van der Waals surface area contributed by atoms with Gasteiger partial charge in [-0.1, -0.05) is 6.07 Å². The first-order valence-electron chi connectivity index (χ1n) is 5.25. The summed E-state index contributed by atoms with van der Waals surface area (Å²) in [6.45, 7) is 1.82. The van der Waals surface area contributed by atoms with Gasteiger partial charge in [-0.15, -0.1) is 0 Å². The highest BCUT2D eigenvalue weighted by atomic mass is 19.1. The van der Waals surface area contributed by atoms with Crippen LogP contribution < -0.4 is 11.1 Å². The first-order chi connectivity index (χ1) is 8.47. The summed E-state index contributed by atoms with van der Waals surface area (Å²) in [7, 11) is 0. The highest BCUT2D eigenvalue weighted by Crippen LogP contribution is 2.26. The van der Waals surface area contributed by atoms with Crippen molar-refractivity contribution in [1.82, 2.24) is 0 Å². The lowest BCUT2D eigenvalue weighted by molar-refractivity contribution is 0.549. The van der Waals surface area contributed by atoms with Crippen LogP contribution in [-0.4, -0.2) is 0 Å². The predicted molar refractivity (Wildman–Crippen MR) is 65.2 cm³/mol. The molecule has 0 atom stereocenters. The van der Waals surface area contributed by atoms with Gasteiger partial charge in [0.15, 0.2) is 11.6 Å². The van der Waals surface area contributed by atoms with Crippen LogP contribution in [0, 0.1) is 24.4 Å². The van der Waals surface area contributed by atoms with E-state index in [1.807, 2.05) is 6.92 Å². The molecule has 94 valence electrons. The standard InChI is InChI=1S/C13H11F3N2/c1-7-2-3-9(6-12(7)17)18-13-10(15)4-8(14)5-11(13)16/h2-6,18H,17H2,1H3. The first kappa shape index (κ1) is 12.3. The van der Waals surface area contributed by atoms with Crippen molar-refractivity contribution in [3.05, 3.63) is 53.3 Å². The van der Waals surface area contributed by atoms with E-state index in [-0.39, 0.29) is 0 Å². The minimum Gasteiger partial charge on any atom is -0.398 e. The molecule has 0 saturated heterocycles. The first-order valence-corrected chi connectivity index (χ1v) is 5.25. The van der Waals surface area contributed by atoms with Crippen LogP contribution in [0.2, 0.25) is 0 Å². The average Bonchev–Trinajstić information content (AvgIpc) is 2.28. The third-order valence-corrected chi connectivity index (χ3v) is 2.56. The summed E-state index contributed by atoms with van der Waals surface area (Å²) in [6.07, 6.45) is 0. The van der Waals surface area contributed by atoms with Crippen molar-refractivity contribution in [1.29, 1.82) is 0 Å². The zero-order valence-electron chi connectivity index (χ0n) is 9.60. The van der Waals surface area contributed by atoms with Gasteiger partial charge in [-0.3, -0.25) is 0 Å². The quantitative estimate of drug-likeness (QED) is 0.799. The topological polar surface area (TPSA) is 38.0 Å². The molecular weight excluding hydrogens is 241 g/mol. The van der Waals surface area contributed by atoms with Crippen LogP contribution in [0.5, 0.6) is 0 Å². The summed E-state index contributed by atoms with van der Waals surface area (Å²) >= 11 is 0. The molecule has 0 aliphatic rings. The van der Waals surface area contributed by atoms with Gasteiger partial charge in [0.1, 0.15) is 11.5 Å². The van der Waals surface area contributed by atoms with Crippen LogP contribution in [0.1, 0.15) is 5.56 Å². The van der Waals surface area contributed by atoms with E-state index >= 15 is 0 Å². The number of rotatable bonds is 2. The van der Waals surface area contributed by atoms with Crippen LogP contribution in [0.15, 0.2) is 30.3 Å². The maximum atomic E-state index is 13.4. The minimum atomic E-state index is -0.994. The van der Waals surface area contributed by atoms with E-state index in [0.29, 0.717) is 23.5 Å². The number of nitrogens with one attached hydrogen (secondary N) is 1. The molecule has 2 nitrogen and oxygen atoms in total. The number of benzene rings is 2. The van der Waals surface area contributed by atoms with Crippen molar-refractivity contribution in [3.63, 3.8) is 0 Å². The molecule has 18 heavy (non-hydrogen) atoms. The van der Waals surface area contributed by atoms with Crippen LogP contribution in [0.25, 0.3) is 0 Å². The fraction of sp³-hybridized carbons (Fsp3) is 0.0769. The van der Waals surface area contributed by atoms with E-state index in [0.717, 1.165) is 5.56 Å². The summed E-state index contributed by atoms with van der Waals surface area (Å²) in [4.78, 5) is 0. The Morgan fingerprint density at radius 2 is 1.61 bits per heavy atom. The van der Waals surface area contributed by atoms with Crippen molar-refractivity contribution in [2.45, 2.75) is 6.92 Å². The Morgan fingerprint density at radius 3 is 2.17 bits per heavy atom. The van der Waals surface area contributed by atoms with Crippen molar-refractivity contribution in [3.8, 4) is 0 Å². The molecule has 0 fully saturated rings. The smallest absolute Gasteiger partial charge is 0.152 e. The van der Waals surface area contributed by atoms with E-state index in [4.69, 9.17) is 5.73 Å². The van der Waals surface area contributed by atoms with Gasteiger partial charge in [0, 0.05) is 23.5 Å². The Morgan fingerprint density at radius 1 is 1.00 bits per heavy atom. The van der Waals surface area contributed by atoms with Crippen LogP contribution in [0.3, 0.4) is 0 Å². The summed E-state index contributed by atoms with van der Waals surface area (Å²) in [5, 5.41) is 2.54. The van der Waals surface area contributed by atoms with Gasteiger partial charge in [0.25, 0.3) is 0 Å². The summed E-state index contributed by atoms with van der Waals surface area (Å²) in [6, 6.07) is 6.13. The Hall–Kier alpha value is -2.17. The van der Waals surface area contributed by atoms with E-state index in [1.165, 1.54) is 0 Å². The molecule has 0 bridgehead atoms. The SMILES string of the molecule is Cc1ccc(Nc2c(F)cc(F)cc2F)cc1N. The normalized spacial score (nSPS) is 10.4. The third-order valence-electron chi connectivity index (χ3n) is 2.56. The largest absolute Gasteiger partial charge is 0.398 e.